The van der Waals surface area contributed by atoms with Gasteiger partial charge in [-0.25, -0.2) is 4.79 Å². The molecular weight excluding hydrogens is 268 g/mol. The Morgan fingerprint density at radius 3 is 2.45 bits per heavy atom. The number of aliphatic hydroxyl groups is 3. The van der Waals surface area contributed by atoms with Crippen LogP contribution in [0.5, 0.6) is 11.5 Å². The van der Waals surface area contributed by atoms with Gasteiger partial charge < -0.3 is 29.5 Å². The van der Waals surface area contributed by atoms with Crippen LogP contribution in [0.1, 0.15) is 10.4 Å². The Hall–Kier alpha value is -1.83. The summed E-state index contributed by atoms with van der Waals surface area (Å²) in [6.07, 6.45) is 0. The Kier molecular flexibility index (Phi) is 4.43. The molecule has 3 N–H and O–H groups in total. The Labute approximate surface area is 115 Å². The summed E-state index contributed by atoms with van der Waals surface area (Å²) in [5.41, 5.74) is -0.983. The predicted octanol–water partition coefficient (Wildman–Crippen LogP) is -0.465. The van der Waals surface area contributed by atoms with Gasteiger partial charge in [0.25, 0.3) is 0 Å². The molecule has 0 amide bonds. The third kappa shape index (κ3) is 2.84. The average molecular weight is 284 g/mol. The first-order valence-electron chi connectivity index (χ1n) is 6.03. The van der Waals surface area contributed by atoms with Gasteiger partial charge >= 0.3 is 5.97 Å². The number of rotatable bonds is 6. The first kappa shape index (κ1) is 14.6. The van der Waals surface area contributed by atoms with Crippen molar-refractivity contribution >= 4 is 5.97 Å². The molecule has 1 aromatic carbocycles. The summed E-state index contributed by atoms with van der Waals surface area (Å²) < 4.78 is 15.3. The van der Waals surface area contributed by atoms with Crippen molar-refractivity contribution in [2.45, 2.75) is 0 Å². The molecule has 2 rings (SSSR count). The van der Waals surface area contributed by atoms with Crippen molar-refractivity contribution in [3.05, 3.63) is 23.8 Å². The normalized spacial score (nSPS) is 13.3. The van der Waals surface area contributed by atoms with Crippen molar-refractivity contribution in [1.29, 1.82) is 0 Å². The number of esters is 1. The summed E-state index contributed by atoms with van der Waals surface area (Å²) in [6.45, 7) is -1.66. The summed E-state index contributed by atoms with van der Waals surface area (Å²) in [4.78, 5) is 11.9. The van der Waals surface area contributed by atoms with Gasteiger partial charge in [0.2, 0.25) is 6.79 Å². The minimum atomic E-state index is -1.24. The van der Waals surface area contributed by atoms with Gasteiger partial charge in [-0.1, -0.05) is 0 Å². The summed E-state index contributed by atoms with van der Waals surface area (Å²) in [5, 5.41) is 27.4. The van der Waals surface area contributed by atoms with E-state index in [2.05, 4.69) is 0 Å². The molecule has 20 heavy (non-hydrogen) atoms. The lowest BCUT2D eigenvalue weighted by Gasteiger charge is -2.26. The van der Waals surface area contributed by atoms with Crippen molar-refractivity contribution in [2.24, 2.45) is 5.41 Å². The van der Waals surface area contributed by atoms with Crippen LogP contribution in [0.15, 0.2) is 18.2 Å². The van der Waals surface area contributed by atoms with Crippen LogP contribution in [0.3, 0.4) is 0 Å². The number of hydrogen-bond donors (Lipinski definition) is 3. The molecule has 1 aromatic rings. The minimum absolute atomic E-state index is 0.108. The van der Waals surface area contributed by atoms with Crippen molar-refractivity contribution in [3.8, 4) is 11.5 Å². The van der Waals surface area contributed by atoms with Crippen LogP contribution in [-0.4, -0.2) is 54.5 Å². The van der Waals surface area contributed by atoms with E-state index < -0.39 is 31.2 Å². The highest BCUT2D eigenvalue weighted by atomic mass is 16.7. The van der Waals surface area contributed by atoms with Gasteiger partial charge in [-0.3, -0.25) is 0 Å². The third-order valence-electron chi connectivity index (χ3n) is 3.12. The Bertz CT molecular complexity index is 473. The van der Waals surface area contributed by atoms with Gasteiger partial charge in [-0.2, -0.15) is 0 Å². The Morgan fingerprint density at radius 2 is 1.80 bits per heavy atom. The standard InChI is InChI=1S/C13H16O7/c14-4-13(5-15,6-16)7-18-12(17)9-1-2-10-11(3-9)20-8-19-10/h1-3,14-16H,4-8H2. The van der Waals surface area contributed by atoms with E-state index in [-0.39, 0.29) is 19.0 Å². The highest BCUT2D eigenvalue weighted by Gasteiger charge is 2.30. The van der Waals surface area contributed by atoms with Crippen LogP contribution in [0.2, 0.25) is 0 Å². The van der Waals surface area contributed by atoms with E-state index in [0.29, 0.717) is 11.5 Å². The van der Waals surface area contributed by atoms with Crippen LogP contribution in [0, 0.1) is 5.41 Å². The lowest BCUT2D eigenvalue weighted by molar-refractivity contribution is -0.0441. The minimum Gasteiger partial charge on any atom is -0.461 e. The molecule has 0 saturated heterocycles. The van der Waals surface area contributed by atoms with E-state index in [0.717, 1.165) is 0 Å². The monoisotopic (exact) mass is 284 g/mol. The molecule has 0 spiro atoms. The lowest BCUT2D eigenvalue weighted by atomic mass is 9.93. The fourth-order valence-corrected chi connectivity index (χ4v) is 1.61. The maximum atomic E-state index is 11.9. The second kappa shape index (κ2) is 6.08. The Balaban J connectivity index is 2.02. The van der Waals surface area contributed by atoms with Gasteiger partial charge in [-0.15, -0.1) is 0 Å². The molecular formula is C13H16O7. The molecule has 7 nitrogen and oxygen atoms in total. The first-order chi connectivity index (χ1) is 9.64. The molecule has 0 saturated carbocycles. The average Bonchev–Trinajstić information content (AvgIpc) is 2.96. The zero-order valence-electron chi connectivity index (χ0n) is 10.7. The van der Waals surface area contributed by atoms with Gasteiger partial charge in [0.05, 0.1) is 30.8 Å². The highest BCUT2D eigenvalue weighted by Crippen LogP contribution is 2.32. The molecule has 7 heteroatoms. The van der Waals surface area contributed by atoms with E-state index >= 15 is 0 Å². The summed E-state index contributed by atoms with van der Waals surface area (Å²) in [5.74, 6) is 0.372. The molecule has 1 heterocycles. The molecule has 0 radical (unpaired) electrons. The van der Waals surface area contributed by atoms with E-state index in [1.54, 1.807) is 6.07 Å². The molecule has 0 bridgehead atoms. The topological polar surface area (TPSA) is 105 Å². The quantitative estimate of drug-likeness (QED) is 0.607. The van der Waals surface area contributed by atoms with Crippen molar-refractivity contribution in [2.75, 3.05) is 33.2 Å². The number of fused-ring (bicyclic) bond motifs is 1. The fraction of sp³-hybridized carbons (Fsp3) is 0.462. The number of aliphatic hydroxyl groups excluding tert-OH is 3. The fourth-order valence-electron chi connectivity index (χ4n) is 1.61. The highest BCUT2D eigenvalue weighted by molar-refractivity contribution is 5.90. The molecule has 0 atom stereocenters. The van der Waals surface area contributed by atoms with Crippen molar-refractivity contribution in [1.82, 2.24) is 0 Å². The van der Waals surface area contributed by atoms with Gasteiger partial charge in [-0.05, 0) is 18.2 Å². The number of benzene rings is 1. The van der Waals surface area contributed by atoms with Crippen LogP contribution >= 0.6 is 0 Å². The SMILES string of the molecule is O=C(OCC(CO)(CO)CO)c1ccc2c(c1)OCO2. The molecule has 1 aliphatic rings. The Morgan fingerprint density at radius 1 is 1.15 bits per heavy atom. The smallest absolute Gasteiger partial charge is 0.338 e. The van der Waals surface area contributed by atoms with Crippen LogP contribution < -0.4 is 9.47 Å². The molecule has 1 aliphatic heterocycles. The second-order valence-electron chi connectivity index (χ2n) is 4.62. The summed E-state index contributed by atoms with van der Waals surface area (Å²) in [6, 6.07) is 4.61. The number of carbonyl (C=O) groups is 1. The molecule has 0 unspecified atom stereocenters. The maximum absolute atomic E-state index is 11.9. The largest absolute Gasteiger partial charge is 0.461 e. The number of carbonyl (C=O) groups excluding carboxylic acids is 1. The maximum Gasteiger partial charge on any atom is 0.338 e. The van der Waals surface area contributed by atoms with Crippen LogP contribution in [0.25, 0.3) is 0 Å². The van der Waals surface area contributed by atoms with Gasteiger partial charge in [0.1, 0.15) is 6.61 Å². The van der Waals surface area contributed by atoms with E-state index in [9.17, 15) is 4.79 Å². The number of hydrogen-bond acceptors (Lipinski definition) is 7. The van der Waals surface area contributed by atoms with Crippen molar-refractivity contribution in [3.63, 3.8) is 0 Å². The predicted molar refractivity (Wildman–Crippen MR) is 66.5 cm³/mol. The van der Waals surface area contributed by atoms with Crippen LogP contribution in [-0.2, 0) is 4.74 Å². The van der Waals surface area contributed by atoms with Gasteiger partial charge in [0, 0.05) is 0 Å². The molecule has 0 aliphatic carbocycles. The molecule has 0 fully saturated rings. The third-order valence-corrected chi connectivity index (χ3v) is 3.12. The first-order valence-corrected chi connectivity index (χ1v) is 6.03. The summed E-state index contributed by atoms with van der Waals surface area (Å²) in [7, 11) is 0. The van der Waals surface area contributed by atoms with Gasteiger partial charge in [0.15, 0.2) is 11.5 Å². The van der Waals surface area contributed by atoms with E-state index in [4.69, 9.17) is 29.5 Å². The van der Waals surface area contributed by atoms with Crippen LogP contribution in [0.4, 0.5) is 0 Å². The zero-order valence-corrected chi connectivity index (χ0v) is 10.7. The van der Waals surface area contributed by atoms with Crippen molar-refractivity contribution < 1.29 is 34.3 Å². The van der Waals surface area contributed by atoms with E-state index in [1.165, 1.54) is 12.1 Å². The summed E-state index contributed by atoms with van der Waals surface area (Å²) >= 11 is 0. The molecule has 110 valence electrons. The zero-order chi connectivity index (χ0) is 14.6. The number of ether oxygens (including phenoxy) is 3. The second-order valence-corrected chi connectivity index (χ2v) is 4.62. The van der Waals surface area contributed by atoms with E-state index in [1.807, 2.05) is 0 Å². The molecule has 0 aromatic heterocycles. The lowest BCUT2D eigenvalue weighted by Crippen LogP contribution is -2.39.